The van der Waals surface area contributed by atoms with Gasteiger partial charge >= 0.3 is 0 Å². The summed E-state index contributed by atoms with van der Waals surface area (Å²) in [6.07, 6.45) is 6.54. The molecule has 1 heterocycles. The van der Waals surface area contributed by atoms with E-state index in [1.165, 1.54) is 44.2 Å². The fourth-order valence-electron chi connectivity index (χ4n) is 2.50. The zero-order valence-corrected chi connectivity index (χ0v) is 11.1. The van der Waals surface area contributed by atoms with Gasteiger partial charge in [-0.1, -0.05) is 37.7 Å². The molecule has 0 aromatic carbocycles. The second-order valence-corrected chi connectivity index (χ2v) is 9.34. The summed E-state index contributed by atoms with van der Waals surface area (Å²) in [5.41, 5.74) is 2.56. The molecule has 0 unspecified atom stereocenters. The number of hydrogen-bond donors (Lipinski definition) is 0. The van der Waals surface area contributed by atoms with Crippen LogP contribution in [0.2, 0.25) is 12.1 Å². The highest BCUT2D eigenvalue weighted by molar-refractivity contribution is 6.84. The van der Waals surface area contributed by atoms with Crippen LogP contribution in [0.15, 0.2) is 11.8 Å². The van der Waals surface area contributed by atoms with E-state index in [-0.39, 0.29) is 0 Å². The van der Waals surface area contributed by atoms with Crippen molar-refractivity contribution in [3.8, 4) is 0 Å². The first-order valence-electron chi connectivity index (χ1n) is 6.12. The minimum Gasteiger partial charge on any atom is -0.306 e. The molecular formula is C12H25NSi. The van der Waals surface area contributed by atoms with Crippen molar-refractivity contribution in [3.05, 3.63) is 11.8 Å². The maximum Gasteiger partial charge on any atom is 0.0912 e. The predicted octanol–water partition coefficient (Wildman–Crippen LogP) is 3.23. The molecule has 1 fully saturated rings. The van der Waals surface area contributed by atoms with Crippen LogP contribution < -0.4 is 0 Å². The number of nitrogens with zero attached hydrogens (tertiary/aromatic N) is 1. The molecule has 1 rings (SSSR count). The summed E-state index contributed by atoms with van der Waals surface area (Å²) in [4.78, 5) is 2.69. The molecular weight excluding hydrogens is 186 g/mol. The third-order valence-electron chi connectivity index (χ3n) is 3.67. The van der Waals surface area contributed by atoms with Crippen LogP contribution in [-0.4, -0.2) is 32.2 Å². The molecule has 0 amide bonds. The summed E-state index contributed by atoms with van der Waals surface area (Å²) in [7, 11) is -1.06. The highest BCUT2D eigenvalue weighted by atomic mass is 28.3. The number of hydrogen-bond acceptors (Lipinski definition) is 1. The molecule has 0 aromatic heterocycles. The molecule has 1 aliphatic rings. The molecule has 1 saturated heterocycles. The van der Waals surface area contributed by atoms with Crippen molar-refractivity contribution in [1.82, 2.24) is 4.90 Å². The van der Waals surface area contributed by atoms with Crippen LogP contribution in [0, 0.1) is 0 Å². The van der Waals surface area contributed by atoms with E-state index in [4.69, 9.17) is 0 Å². The number of rotatable bonds is 5. The van der Waals surface area contributed by atoms with E-state index in [1.807, 2.05) is 0 Å². The van der Waals surface area contributed by atoms with E-state index in [9.17, 15) is 0 Å². The van der Waals surface area contributed by atoms with E-state index < -0.39 is 8.07 Å². The fourth-order valence-corrected chi connectivity index (χ4v) is 5.94. The Bertz CT molecular complexity index is 179. The van der Waals surface area contributed by atoms with Gasteiger partial charge in [-0.05, 0) is 39.0 Å². The monoisotopic (exact) mass is 211 g/mol. The largest absolute Gasteiger partial charge is 0.306 e. The summed E-state index contributed by atoms with van der Waals surface area (Å²) in [6.45, 7) is 9.65. The summed E-state index contributed by atoms with van der Waals surface area (Å²) in [5.74, 6) is 0. The zero-order valence-electron chi connectivity index (χ0n) is 10.1. The minimum atomic E-state index is -1.06. The minimum absolute atomic E-state index is 1.06. The van der Waals surface area contributed by atoms with Crippen LogP contribution in [0.5, 0.6) is 0 Å². The van der Waals surface area contributed by atoms with Crippen LogP contribution in [0.4, 0.5) is 0 Å². The predicted molar refractivity (Wildman–Crippen MR) is 67.2 cm³/mol. The van der Waals surface area contributed by atoms with Crippen LogP contribution in [0.3, 0.4) is 0 Å². The van der Waals surface area contributed by atoms with Gasteiger partial charge in [0.1, 0.15) is 0 Å². The average molecular weight is 211 g/mol. The van der Waals surface area contributed by atoms with Crippen molar-refractivity contribution < 1.29 is 0 Å². The SMILES string of the molecule is CC=C[Si](CC)(CC)CN1CCCC1. The lowest BCUT2D eigenvalue weighted by atomic mass is 10.4. The molecule has 82 valence electrons. The van der Waals surface area contributed by atoms with Crippen molar-refractivity contribution in [1.29, 1.82) is 0 Å². The van der Waals surface area contributed by atoms with E-state index in [1.54, 1.807) is 0 Å². The molecule has 0 aromatic rings. The normalized spacial score (nSPS) is 19.6. The van der Waals surface area contributed by atoms with Gasteiger partial charge in [0.05, 0.1) is 8.07 Å². The first-order valence-corrected chi connectivity index (χ1v) is 8.82. The number of allylic oxidation sites excluding steroid dienone is 1. The van der Waals surface area contributed by atoms with Crippen LogP contribution in [0.25, 0.3) is 0 Å². The van der Waals surface area contributed by atoms with Gasteiger partial charge in [-0.2, -0.15) is 0 Å². The Balaban J connectivity index is 2.56. The summed E-state index contributed by atoms with van der Waals surface area (Å²) in [6, 6.07) is 2.81. The number of likely N-dealkylation sites (tertiary alicyclic amines) is 1. The van der Waals surface area contributed by atoms with E-state index in [2.05, 4.69) is 37.4 Å². The molecule has 0 N–H and O–H groups in total. The first kappa shape index (κ1) is 12.0. The topological polar surface area (TPSA) is 3.24 Å². The molecule has 1 aliphatic heterocycles. The molecule has 14 heavy (non-hydrogen) atoms. The van der Waals surface area contributed by atoms with Crippen molar-refractivity contribution in [2.24, 2.45) is 0 Å². The van der Waals surface area contributed by atoms with Gasteiger partial charge in [0.15, 0.2) is 0 Å². The Morgan fingerprint density at radius 1 is 1.14 bits per heavy atom. The Kier molecular flexibility index (Phi) is 4.89. The smallest absolute Gasteiger partial charge is 0.0912 e. The second kappa shape index (κ2) is 5.71. The van der Waals surface area contributed by atoms with Crippen molar-refractivity contribution in [3.63, 3.8) is 0 Å². The van der Waals surface area contributed by atoms with E-state index >= 15 is 0 Å². The maximum absolute atomic E-state index is 2.69. The van der Waals surface area contributed by atoms with Crippen LogP contribution in [0.1, 0.15) is 33.6 Å². The molecule has 0 spiro atoms. The zero-order chi connectivity index (χ0) is 10.4. The van der Waals surface area contributed by atoms with Crippen LogP contribution >= 0.6 is 0 Å². The van der Waals surface area contributed by atoms with Crippen molar-refractivity contribution >= 4 is 8.07 Å². The Morgan fingerprint density at radius 3 is 2.14 bits per heavy atom. The highest BCUT2D eigenvalue weighted by Crippen LogP contribution is 2.21. The lowest BCUT2D eigenvalue weighted by molar-refractivity contribution is 0.388. The van der Waals surface area contributed by atoms with Gasteiger partial charge in [-0.3, -0.25) is 0 Å². The molecule has 0 atom stereocenters. The van der Waals surface area contributed by atoms with Gasteiger partial charge in [-0.25, -0.2) is 0 Å². The van der Waals surface area contributed by atoms with E-state index in [0.29, 0.717) is 0 Å². The van der Waals surface area contributed by atoms with Gasteiger partial charge in [0.25, 0.3) is 0 Å². The van der Waals surface area contributed by atoms with Gasteiger partial charge in [-0.15, -0.1) is 0 Å². The van der Waals surface area contributed by atoms with Crippen LogP contribution in [-0.2, 0) is 0 Å². The molecule has 2 heteroatoms. The van der Waals surface area contributed by atoms with E-state index in [0.717, 1.165) is 0 Å². The highest BCUT2D eigenvalue weighted by Gasteiger charge is 2.29. The maximum atomic E-state index is 2.69. The van der Waals surface area contributed by atoms with Crippen molar-refractivity contribution in [2.75, 3.05) is 19.3 Å². The van der Waals surface area contributed by atoms with Crippen molar-refractivity contribution in [2.45, 2.75) is 45.7 Å². The Labute approximate surface area is 90.2 Å². The lowest BCUT2D eigenvalue weighted by Crippen LogP contribution is -2.44. The molecule has 0 radical (unpaired) electrons. The van der Waals surface area contributed by atoms with Gasteiger partial charge in [0, 0.05) is 0 Å². The first-order chi connectivity index (χ1) is 6.76. The summed E-state index contributed by atoms with van der Waals surface area (Å²) < 4.78 is 0. The Hall–Kier alpha value is -0.0831. The third kappa shape index (κ3) is 2.96. The second-order valence-electron chi connectivity index (χ2n) is 4.55. The third-order valence-corrected chi connectivity index (χ3v) is 8.60. The van der Waals surface area contributed by atoms with Gasteiger partial charge < -0.3 is 4.90 Å². The average Bonchev–Trinajstić information content (AvgIpc) is 2.69. The summed E-state index contributed by atoms with van der Waals surface area (Å²) >= 11 is 0. The molecule has 0 saturated carbocycles. The summed E-state index contributed by atoms with van der Waals surface area (Å²) in [5, 5.41) is 0. The standard InChI is InChI=1S/C12H25NSi/c1-4-11-14(5-2,6-3)12-13-9-7-8-10-13/h4,11H,5-10,12H2,1-3H3. The Morgan fingerprint density at radius 2 is 1.71 bits per heavy atom. The fraction of sp³-hybridized carbons (Fsp3) is 0.833. The molecule has 0 aliphatic carbocycles. The quantitative estimate of drug-likeness (QED) is 0.631. The molecule has 1 nitrogen and oxygen atoms in total. The van der Waals surface area contributed by atoms with Gasteiger partial charge in [0.2, 0.25) is 0 Å². The molecule has 0 bridgehead atoms. The lowest BCUT2D eigenvalue weighted by Gasteiger charge is -2.30.